The third-order valence-electron chi connectivity index (χ3n) is 5.16. The van der Waals surface area contributed by atoms with Crippen LogP contribution in [0.5, 0.6) is 0 Å². The molecule has 0 radical (unpaired) electrons. The number of hydrogen-bond acceptors (Lipinski definition) is 2. The van der Waals surface area contributed by atoms with Gasteiger partial charge in [0.2, 0.25) is 0 Å². The second-order valence-corrected chi connectivity index (χ2v) is 5.96. The normalized spacial score (nSPS) is 40.7. The van der Waals surface area contributed by atoms with Gasteiger partial charge in [-0.3, -0.25) is 9.80 Å². The van der Waals surface area contributed by atoms with E-state index in [-0.39, 0.29) is 0 Å². The lowest BCUT2D eigenvalue weighted by atomic mass is 9.73. The molecule has 0 bridgehead atoms. The van der Waals surface area contributed by atoms with Crippen LogP contribution in [-0.4, -0.2) is 41.6 Å². The van der Waals surface area contributed by atoms with Gasteiger partial charge in [0.05, 0.1) is 5.66 Å². The highest BCUT2D eigenvalue weighted by atomic mass is 15.5. The fourth-order valence-electron chi connectivity index (χ4n) is 4.47. The Morgan fingerprint density at radius 3 is 2.69 bits per heavy atom. The predicted molar refractivity (Wildman–Crippen MR) is 67.4 cm³/mol. The van der Waals surface area contributed by atoms with Crippen molar-refractivity contribution in [3.63, 3.8) is 0 Å². The van der Waals surface area contributed by atoms with Crippen LogP contribution >= 0.6 is 0 Å². The first-order chi connectivity index (χ1) is 7.88. The van der Waals surface area contributed by atoms with Crippen LogP contribution < -0.4 is 0 Å². The summed E-state index contributed by atoms with van der Waals surface area (Å²) in [6.45, 7) is 7.86. The van der Waals surface area contributed by atoms with Crippen molar-refractivity contribution in [2.75, 3.05) is 26.2 Å². The van der Waals surface area contributed by atoms with E-state index >= 15 is 0 Å². The topological polar surface area (TPSA) is 6.48 Å². The third-order valence-corrected chi connectivity index (χ3v) is 5.16. The number of hydrogen-bond donors (Lipinski definition) is 0. The summed E-state index contributed by atoms with van der Waals surface area (Å²) in [4.78, 5) is 5.66. The monoisotopic (exact) mass is 222 g/mol. The van der Waals surface area contributed by atoms with Crippen molar-refractivity contribution in [3.8, 4) is 0 Å². The maximum Gasteiger partial charge on any atom is 0.0779 e. The summed E-state index contributed by atoms with van der Waals surface area (Å²) < 4.78 is 0. The molecule has 0 amide bonds. The highest BCUT2D eigenvalue weighted by Gasteiger charge is 2.57. The molecule has 0 aliphatic carbocycles. The Morgan fingerprint density at radius 2 is 1.81 bits per heavy atom. The first kappa shape index (κ1) is 11.0. The zero-order valence-corrected chi connectivity index (χ0v) is 10.7. The zero-order valence-electron chi connectivity index (χ0n) is 10.7. The Balaban J connectivity index is 1.82. The average molecular weight is 222 g/mol. The maximum atomic E-state index is 2.85. The lowest BCUT2D eigenvalue weighted by Gasteiger charge is -2.66. The molecule has 0 aromatic rings. The van der Waals surface area contributed by atoms with Crippen molar-refractivity contribution >= 4 is 0 Å². The second kappa shape index (κ2) is 4.30. The molecule has 3 heterocycles. The summed E-state index contributed by atoms with van der Waals surface area (Å²) in [5.41, 5.74) is 0.532. The van der Waals surface area contributed by atoms with Crippen LogP contribution in [0.25, 0.3) is 0 Å². The van der Waals surface area contributed by atoms with Gasteiger partial charge in [-0.2, -0.15) is 0 Å². The molecule has 2 atom stereocenters. The molecule has 2 heteroatoms. The van der Waals surface area contributed by atoms with Crippen molar-refractivity contribution in [1.82, 2.24) is 9.80 Å². The molecule has 0 saturated carbocycles. The molecule has 2 nitrogen and oxygen atoms in total. The smallest absolute Gasteiger partial charge is 0.0779 e. The van der Waals surface area contributed by atoms with Gasteiger partial charge in [0.1, 0.15) is 0 Å². The average Bonchev–Trinajstić information content (AvgIpc) is 2.51. The summed E-state index contributed by atoms with van der Waals surface area (Å²) in [7, 11) is 0. The van der Waals surface area contributed by atoms with Crippen molar-refractivity contribution in [3.05, 3.63) is 0 Å². The minimum Gasteiger partial charge on any atom is -0.285 e. The van der Waals surface area contributed by atoms with Crippen LogP contribution in [0.3, 0.4) is 0 Å². The molecule has 92 valence electrons. The Hall–Kier alpha value is -0.0800. The zero-order chi connectivity index (χ0) is 11.0. The molecule has 3 rings (SSSR count). The number of nitrogens with zero attached hydrogens (tertiary/aromatic N) is 2. The van der Waals surface area contributed by atoms with Gasteiger partial charge in [0, 0.05) is 25.6 Å². The SMILES string of the molecule is CCCC1CN2CCCN3CCCCCC132. The predicted octanol–water partition coefficient (Wildman–Crippen LogP) is 2.69. The molecular weight excluding hydrogens is 196 g/mol. The van der Waals surface area contributed by atoms with Gasteiger partial charge in [-0.1, -0.05) is 26.2 Å². The molecule has 1 spiro atoms. The molecule has 0 aromatic heterocycles. The molecule has 2 unspecified atom stereocenters. The molecule has 0 N–H and O–H groups in total. The molecule has 3 aliphatic heterocycles. The molecular formula is C14H26N2. The van der Waals surface area contributed by atoms with E-state index < -0.39 is 0 Å². The van der Waals surface area contributed by atoms with E-state index in [1.54, 1.807) is 0 Å². The summed E-state index contributed by atoms with van der Waals surface area (Å²) in [6, 6.07) is 0. The van der Waals surface area contributed by atoms with Crippen LogP contribution in [0.2, 0.25) is 0 Å². The van der Waals surface area contributed by atoms with Gasteiger partial charge < -0.3 is 0 Å². The van der Waals surface area contributed by atoms with Gasteiger partial charge in [-0.05, 0) is 32.2 Å². The largest absolute Gasteiger partial charge is 0.285 e. The van der Waals surface area contributed by atoms with E-state index in [0.29, 0.717) is 5.66 Å². The summed E-state index contributed by atoms with van der Waals surface area (Å²) in [6.07, 6.45) is 10.0. The van der Waals surface area contributed by atoms with Crippen LogP contribution in [0.15, 0.2) is 0 Å². The first-order valence-electron chi connectivity index (χ1n) is 7.38. The maximum absolute atomic E-state index is 2.85. The van der Waals surface area contributed by atoms with Crippen LogP contribution in [-0.2, 0) is 0 Å². The van der Waals surface area contributed by atoms with Crippen LogP contribution in [0, 0.1) is 5.92 Å². The third kappa shape index (κ3) is 1.46. The van der Waals surface area contributed by atoms with Gasteiger partial charge >= 0.3 is 0 Å². The fraction of sp³-hybridized carbons (Fsp3) is 1.00. The minimum atomic E-state index is 0.532. The van der Waals surface area contributed by atoms with E-state index in [1.165, 1.54) is 71.1 Å². The van der Waals surface area contributed by atoms with Crippen molar-refractivity contribution in [1.29, 1.82) is 0 Å². The lowest BCUT2D eigenvalue weighted by molar-refractivity contribution is -0.209. The quantitative estimate of drug-likeness (QED) is 0.709. The van der Waals surface area contributed by atoms with Crippen molar-refractivity contribution in [2.24, 2.45) is 5.92 Å². The van der Waals surface area contributed by atoms with Crippen molar-refractivity contribution < 1.29 is 0 Å². The first-order valence-corrected chi connectivity index (χ1v) is 7.38. The molecule has 3 aliphatic rings. The van der Waals surface area contributed by atoms with Crippen molar-refractivity contribution in [2.45, 2.75) is 57.5 Å². The minimum absolute atomic E-state index is 0.532. The van der Waals surface area contributed by atoms with E-state index in [4.69, 9.17) is 0 Å². The molecule has 0 aromatic carbocycles. The van der Waals surface area contributed by atoms with E-state index in [9.17, 15) is 0 Å². The highest BCUT2D eigenvalue weighted by Crippen LogP contribution is 2.48. The van der Waals surface area contributed by atoms with Crippen LogP contribution in [0.4, 0.5) is 0 Å². The van der Waals surface area contributed by atoms with Gasteiger partial charge in [-0.25, -0.2) is 0 Å². The van der Waals surface area contributed by atoms with E-state index in [2.05, 4.69) is 16.7 Å². The van der Waals surface area contributed by atoms with E-state index in [1.807, 2.05) is 0 Å². The Bertz CT molecular complexity index is 253. The highest BCUT2D eigenvalue weighted by molar-refractivity contribution is 5.08. The van der Waals surface area contributed by atoms with Gasteiger partial charge in [0.25, 0.3) is 0 Å². The second-order valence-electron chi connectivity index (χ2n) is 5.96. The number of rotatable bonds is 2. The van der Waals surface area contributed by atoms with E-state index in [0.717, 1.165) is 5.92 Å². The van der Waals surface area contributed by atoms with Gasteiger partial charge in [-0.15, -0.1) is 0 Å². The molecule has 3 saturated heterocycles. The molecule has 16 heavy (non-hydrogen) atoms. The standard InChI is InChI=1S/C14H26N2/c1-2-7-13-12-16-11-6-10-15-9-5-3-4-8-14(13,15)16/h13H,2-12H2,1H3. The van der Waals surface area contributed by atoms with Crippen LogP contribution in [0.1, 0.15) is 51.9 Å². The Kier molecular flexibility index (Phi) is 2.97. The summed E-state index contributed by atoms with van der Waals surface area (Å²) in [5, 5.41) is 0. The summed E-state index contributed by atoms with van der Waals surface area (Å²) in [5.74, 6) is 0.982. The Labute approximate surface area is 100.0 Å². The fourth-order valence-corrected chi connectivity index (χ4v) is 4.47. The lowest BCUT2D eigenvalue weighted by Crippen LogP contribution is -2.77. The summed E-state index contributed by atoms with van der Waals surface area (Å²) >= 11 is 0. The molecule has 3 fully saturated rings. The van der Waals surface area contributed by atoms with Gasteiger partial charge in [0.15, 0.2) is 0 Å². The Morgan fingerprint density at radius 1 is 1.00 bits per heavy atom.